The van der Waals surface area contributed by atoms with Crippen molar-refractivity contribution in [3.05, 3.63) is 22.6 Å². The lowest BCUT2D eigenvalue weighted by molar-refractivity contribution is 0.621. The predicted molar refractivity (Wildman–Crippen MR) is 65.6 cm³/mol. The number of hydrogen-bond donors (Lipinski definition) is 1. The van der Waals surface area contributed by atoms with Crippen molar-refractivity contribution in [3.8, 4) is 0 Å². The molecular weight excluding hydrogens is 210 g/mol. The van der Waals surface area contributed by atoms with Gasteiger partial charge in [-0.15, -0.1) is 0 Å². The van der Waals surface area contributed by atoms with Gasteiger partial charge in [-0.05, 0) is 20.1 Å². The molecule has 0 aliphatic rings. The van der Waals surface area contributed by atoms with Crippen molar-refractivity contribution < 1.29 is 0 Å². The van der Waals surface area contributed by atoms with Gasteiger partial charge in [0.25, 0.3) is 5.56 Å². The lowest BCUT2D eigenvalue weighted by Gasteiger charge is -2.10. The van der Waals surface area contributed by atoms with E-state index in [9.17, 15) is 4.79 Å². The first-order valence-corrected chi connectivity index (χ1v) is 6.35. The molecule has 1 aromatic rings. The van der Waals surface area contributed by atoms with Crippen LogP contribution >= 0.6 is 11.8 Å². The van der Waals surface area contributed by atoms with E-state index in [1.165, 1.54) is 4.68 Å². The molecule has 0 spiro atoms. The number of nitrogens with one attached hydrogen (secondary N) is 1. The van der Waals surface area contributed by atoms with Gasteiger partial charge in [0, 0.05) is 17.9 Å². The van der Waals surface area contributed by atoms with Crippen molar-refractivity contribution in [2.45, 2.75) is 26.4 Å². The fourth-order valence-electron chi connectivity index (χ4n) is 1.19. The Balaban J connectivity index is 2.74. The van der Waals surface area contributed by atoms with Crippen LogP contribution in [0.5, 0.6) is 0 Å². The van der Waals surface area contributed by atoms with Gasteiger partial charge in [-0.25, -0.2) is 4.68 Å². The Kier molecular flexibility index (Phi) is 4.68. The van der Waals surface area contributed by atoms with E-state index in [1.807, 2.05) is 20.1 Å². The lowest BCUT2D eigenvalue weighted by atomic mass is 10.3. The number of aryl methyl sites for hydroxylation is 1. The van der Waals surface area contributed by atoms with E-state index in [1.54, 1.807) is 24.0 Å². The molecule has 0 amide bonds. The number of aromatic nitrogens is 2. The smallest absolute Gasteiger partial charge is 0.268 e. The molecule has 1 aromatic heterocycles. The standard InChI is InChI=1S/C10H17N3OS/c1-8(2)12-9-6-10(14)13(11-7-9)4-5-15-3/h6-8,12H,4-5H2,1-3H3. The predicted octanol–water partition coefficient (Wildman–Crippen LogP) is 1.43. The van der Waals surface area contributed by atoms with Crippen molar-refractivity contribution in [1.29, 1.82) is 0 Å². The minimum Gasteiger partial charge on any atom is -0.381 e. The normalized spacial score (nSPS) is 10.7. The molecule has 0 fully saturated rings. The van der Waals surface area contributed by atoms with Crippen LogP contribution in [-0.4, -0.2) is 27.8 Å². The molecule has 5 heteroatoms. The number of hydrogen-bond acceptors (Lipinski definition) is 4. The molecular formula is C10H17N3OS. The molecule has 15 heavy (non-hydrogen) atoms. The Morgan fingerprint density at radius 3 is 2.87 bits per heavy atom. The average molecular weight is 227 g/mol. The van der Waals surface area contributed by atoms with E-state index < -0.39 is 0 Å². The van der Waals surface area contributed by atoms with Gasteiger partial charge in [0.1, 0.15) is 0 Å². The highest BCUT2D eigenvalue weighted by Crippen LogP contribution is 2.02. The number of thioether (sulfide) groups is 1. The third-order valence-electron chi connectivity index (χ3n) is 1.83. The Labute approximate surface area is 94.1 Å². The van der Waals surface area contributed by atoms with Crippen LogP contribution in [0.25, 0.3) is 0 Å². The van der Waals surface area contributed by atoms with Crippen LogP contribution in [0.15, 0.2) is 17.1 Å². The third-order valence-corrected chi connectivity index (χ3v) is 2.42. The molecule has 0 unspecified atom stereocenters. The third kappa shape index (κ3) is 3.95. The molecule has 0 atom stereocenters. The maximum atomic E-state index is 11.6. The van der Waals surface area contributed by atoms with Crippen LogP contribution in [0.2, 0.25) is 0 Å². The summed E-state index contributed by atoms with van der Waals surface area (Å²) in [5, 5.41) is 7.24. The molecule has 1 heterocycles. The van der Waals surface area contributed by atoms with Gasteiger partial charge in [0.05, 0.1) is 18.4 Å². The summed E-state index contributed by atoms with van der Waals surface area (Å²) in [6.45, 7) is 4.72. The quantitative estimate of drug-likeness (QED) is 0.826. The SMILES string of the molecule is CSCCn1ncc(NC(C)C)cc1=O. The maximum absolute atomic E-state index is 11.6. The van der Waals surface area contributed by atoms with Crippen molar-refractivity contribution in [1.82, 2.24) is 9.78 Å². The second-order valence-electron chi connectivity index (χ2n) is 3.60. The van der Waals surface area contributed by atoms with Crippen LogP contribution in [-0.2, 0) is 6.54 Å². The van der Waals surface area contributed by atoms with Gasteiger partial charge < -0.3 is 5.32 Å². The summed E-state index contributed by atoms with van der Waals surface area (Å²) in [4.78, 5) is 11.6. The molecule has 0 radical (unpaired) electrons. The van der Waals surface area contributed by atoms with Gasteiger partial charge in [-0.1, -0.05) is 0 Å². The summed E-state index contributed by atoms with van der Waals surface area (Å²) < 4.78 is 1.49. The highest BCUT2D eigenvalue weighted by Gasteiger charge is 2.00. The van der Waals surface area contributed by atoms with Crippen molar-refractivity contribution in [3.63, 3.8) is 0 Å². The highest BCUT2D eigenvalue weighted by atomic mass is 32.2. The largest absolute Gasteiger partial charge is 0.381 e. The van der Waals surface area contributed by atoms with Crippen molar-refractivity contribution in [2.75, 3.05) is 17.3 Å². The molecule has 1 rings (SSSR count). The van der Waals surface area contributed by atoms with Crippen molar-refractivity contribution in [2.24, 2.45) is 0 Å². The molecule has 4 nitrogen and oxygen atoms in total. The summed E-state index contributed by atoms with van der Waals surface area (Å²) in [7, 11) is 0. The highest BCUT2D eigenvalue weighted by molar-refractivity contribution is 7.98. The van der Waals surface area contributed by atoms with Crippen LogP contribution in [0, 0.1) is 0 Å². The van der Waals surface area contributed by atoms with Crippen LogP contribution < -0.4 is 10.9 Å². The van der Waals surface area contributed by atoms with E-state index in [0.29, 0.717) is 12.6 Å². The minimum absolute atomic E-state index is 0.0466. The zero-order valence-corrected chi connectivity index (χ0v) is 10.2. The van der Waals surface area contributed by atoms with Gasteiger partial charge >= 0.3 is 0 Å². The zero-order chi connectivity index (χ0) is 11.3. The fraction of sp³-hybridized carbons (Fsp3) is 0.600. The number of anilines is 1. The summed E-state index contributed by atoms with van der Waals surface area (Å²) in [6, 6.07) is 1.90. The Morgan fingerprint density at radius 2 is 2.33 bits per heavy atom. The van der Waals surface area contributed by atoms with E-state index in [0.717, 1.165) is 11.4 Å². The molecule has 84 valence electrons. The van der Waals surface area contributed by atoms with Gasteiger partial charge in [-0.3, -0.25) is 4.79 Å². The Bertz CT molecular complexity index is 362. The van der Waals surface area contributed by atoms with E-state index in [-0.39, 0.29) is 5.56 Å². The van der Waals surface area contributed by atoms with Crippen LogP contribution in [0.1, 0.15) is 13.8 Å². The first-order valence-electron chi connectivity index (χ1n) is 4.96. The van der Waals surface area contributed by atoms with E-state index >= 15 is 0 Å². The summed E-state index contributed by atoms with van der Waals surface area (Å²) in [5.41, 5.74) is 0.741. The lowest BCUT2D eigenvalue weighted by Crippen LogP contribution is -2.24. The Morgan fingerprint density at radius 1 is 1.60 bits per heavy atom. The first-order chi connectivity index (χ1) is 7.13. The van der Waals surface area contributed by atoms with Gasteiger partial charge in [0.15, 0.2) is 0 Å². The molecule has 0 aliphatic carbocycles. The molecule has 0 saturated heterocycles. The van der Waals surface area contributed by atoms with E-state index in [4.69, 9.17) is 0 Å². The molecule has 0 aliphatic heterocycles. The van der Waals surface area contributed by atoms with Crippen molar-refractivity contribution >= 4 is 17.4 Å². The van der Waals surface area contributed by atoms with E-state index in [2.05, 4.69) is 10.4 Å². The second-order valence-corrected chi connectivity index (χ2v) is 4.58. The summed E-state index contributed by atoms with van der Waals surface area (Å²) >= 11 is 1.70. The summed E-state index contributed by atoms with van der Waals surface area (Å²) in [6.07, 6.45) is 3.71. The average Bonchev–Trinajstić information content (AvgIpc) is 2.15. The van der Waals surface area contributed by atoms with Gasteiger partial charge in [0.2, 0.25) is 0 Å². The molecule has 0 saturated carbocycles. The topological polar surface area (TPSA) is 46.9 Å². The van der Waals surface area contributed by atoms with Gasteiger partial charge in [-0.2, -0.15) is 16.9 Å². The molecule has 0 aromatic carbocycles. The monoisotopic (exact) mass is 227 g/mol. The fourth-order valence-corrected chi connectivity index (χ4v) is 1.55. The second kappa shape index (κ2) is 5.80. The van der Waals surface area contributed by atoms with Crippen LogP contribution in [0.3, 0.4) is 0 Å². The first kappa shape index (κ1) is 12.1. The zero-order valence-electron chi connectivity index (χ0n) is 9.36. The minimum atomic E-state index is -0.0466. The molecule has 1 N–H and O–H groups in total. The molecule has 0 bridgehead atoms. The number of nitrogens with zero attached hydrogens (tertiary/aromatic N) is 2. The summed E-state index contributed by atoms with van der Waals surface area (Å²) in [5.74, 6) is 0.907. The maximum Gasteiger partial charge on any atom is 0.268 e. The Hall–Kier alpha value is -0.970. The number of rotatable bonds is 5. The van der Waals surface area contributed by atoms with Crippen LogP contribution in [0.4, 0.5) is 5.69 Å².